The van der Waals surface area contributed by atoms with Gasteiger partial charge in [0, 0.05) is 24.8 Å². The molecule has 0 saturated carbocycles. The molecule has 100 valence electrons. The molecule has 0 saturated heterocycles. The normalized spacial score (nSPS) is 10.4. The summed E-state index contributed by atoms with van der Waals surface area (Å²) in [5.41, 5.74) is 0.388. The molecule has 3 aromatic rings. The van der Waals surface area contributed by atoms with E-state index in [4.69, 9.17) is 4.74 Å². The monoisotopic (exact) mass is 269 g/mol. The first-order chi connectivity index (χ1) is 9.78. The number of carbonyl (C=O) groups excluding carboxylic acids is 1. The van der Waals surface area contributed by atoms with Crippen LogP contribution in [0.3, 0.4) is 0 Å². The van der Waals surface area contributed by atoms with Crippen molar-refractivity contribution < 1.29 is 9.53 Å². The van der Waals surface area contributed by atoms with Gasteiger partial charge in [0.05, 0.1) is 12.7 Å². The van der Waals surface area contributed by atoms with Gasteiger partial charge in [-0.25, -0.2) is 19.1 Å². The number of hydrogen-bond acceptors (Lipinski definition) is 5. The molecule has 0 fully saturated rings. The van der Waals surface area contributed by atoms with Crippen molar-refractivity contribution in [3.8, 4) is 11.6 Å². The smallest absolute Gasteiger partial charge is 0.338 e. The van der Waals surface area contributed by atoms with E-state index in [0.717, 1.165) is 0 Å². The second-order valence-electron chi connectivity index (χ2n) is 3.97. The van der Waals surface area contributed by atoms with Crippen LogP contribution in [-0.4, -0.2) is 37.6 Å². The van der Waals surface area contributed by atoms with Crippen molar-refractivity contribution in [1.82, 2.24) is 24.5 Å². The van der Waals surface area contributed by atoms with Gasteiger partial charge in [0.1, 0.15) is 0 Å². The van der Waals surface area contributed by atoms with Crippen LogP contribution in [-0.2, 0) is 4.74 Å². The number of pyridine rings is 1. The molecule has 0 aliphatic carbocycles. The van der Waals surface area contributed by atoms with Crippen LogP contribution in [0.15, 0.2) is 49.1 Å². The standard InChI is InChI=1S/C13H11N5O2/c1-20-13(19)10-8-11(17-6-2-4-14-17)16-12(9-10)18-7-3-5-15-18/h2-9H,1H3. The third-order valence-corrected chi connectivity index (χ3v) is 2.70. The van der Waals surface area contributed by atoms with Crippen LogP contribution in [0.25, 0.3) is 11.6 Å². The van der Waals surface area contributed by atoms with Gasteiger partial charge in [-0.15, -0.1) is 0 Å². The molecule has 3 heterocycles. The van der Waals surface area contributed by atoms with Crippen molar-refractivity contribution in [3.05, 3.63) is 54.6 Å². The molecule has 3 rings (SSSR count). The minimum Gasteiger partial charge on any atom is -0.465 e. The molecule has 0 aliphatic rings. The lowest BCUT2D eigenvalue weighted by Gasteiger charge is -2.08. The maximum Gasteiger partial charge on any atom is 0.338 e. The van der Waals surface area contributed by atoms with E-state index >= 15 is 0 Å². The van der Waals surface area contributed by atoms with Crippen LogP contribution < -0.4 is 0 Å². The van der Waals surface area contributed by atoms with Gasteiger partial charge in [0.25, 0.3) is 0 Å². The number of hydrogen-bond donors (Lipinski definition) is 0. The summed E-state index contributed by atoms with van der Waals surface area (Å²) in [6.07, 6.45) is 6.77. The molecule has 0 radical (unpaired) electrons. The Bertz CT molecular complexity index is 667. The van der Waals surface area contributed by atoms with Crippen LogP contribution in [0.5, 0.6) is 0 Å². The highest BCUT2D eigenvalue weighted by atomic mass is 16.5. The number of rotatable bonds is 3. The van der Waals surface area contributed by atoms with Gasteiger partial charge >= 0.3 is 5.97 Å². The maximum absolute atomic E-state index is 11.7. The van der Waals surface area contributed by atoms with Gasteiger partial charge in [0.15, 0.2) is 11.6 Å². The third-order valence-electron chi connectivity index (χ3n) is 2.70. The Morgan fingerprint density at radius 2 is 1.60 bits per heavy atom. The zero-order chi connectivity index (χ0) is 13.9. The van der Waals surface area contributed by atoms with E-state index in [2.05, 4.69) is 15.2 Å². The van der Waals surface area contributed by atoms with Crippen LogP contribution in [0.2, 0.25) is 0 Å². The Labute approximate surface area is 114 Å². The molecular weight excluding hydrogens is 258 g/mol. The van der Waals surface area contributed by atoms with E-state index in [1.54, 1.807) is 58.4 Å². The van der Waals surface area contributed by atoms with E-state index in [-0.39, 0.29) is 0 Å². The Kier molecular flexibility index (Phi) is 3.00. The predicted octanol–water partition coefficient (Wildman–Crippen LogP) is 1.24. The molecular formula is C13H11N5O2. The van der Waals surface area contributed by atoms with E-state index in [0.29, 0.717) is 17.2 Å². The molecule has 0 unspecified atom stereocenters. The number of carbonyl (C=O) groups is 1. The number of methoxy groups -OCH3 is 1. The highest BCUT2D eigenvalue weighted by Crippen LogP contribution is 2.13. The molecule has 3 aromatic heterocycles. The summed E-state index contributed by atoms with van der Waals surface area (Å²) < 4.78 is 7.89. The number of ether oxygens (including phenoxy) is 1. The van der Waals surface area contributed by atoms with Crippen molar-refractivity contribution in [3.63, 3.8) is 0 Å². The van der Waals surface area contributed by atoms with E-state index in [1.165, 1.54) is 7.11 Å². The SMILES string of the molecule is COC(=O)c1cc(-n2cccn2)nc(-n2cccn2)c1. The van der Waals surface area contributed by atoms with Crippen molar-refractivity contribution in [2.75, 3.05) is 7.11 Å². The molecule has 0 aromatic carbocycles. The van der Waals surface area contributed by atoms with E-state index < -0.39 is 5.97 Å². The first-order valence-corrected chi connectivity index (χ1v) is 5.88. The second kappa shape index (κ2) is 4.96. The summed E-state index contributed by atoms with van der Waals surface area (Å²) in [4.78, 5) is 16.2. The summed E-state index contributed by atoms with van der Waals surface area (Å²) in [6.45, 7) is 0. The van der Waals surface area contributed by atoms with Crippen LogP contribution in [0, 0.1) is 0 Å². The predicted molar refractivity (Wildman–Crippen MR) is 69.8 cm³/mol. The van der Waals surface area contributed by atoms with Crippen molar-refractivity contribution in [1.29, 1.82) is 0 Å². The quantitative estimate of drug-likeness (QED) is 0.669. The van der Waals surface area contributed by atoms with E-state index in [9.17, 15) is 4.79 Å². The van der Waals surface area contributed by atoms with Gasteiger partial charge in [-0.3, -0.25) is 0 Å². The average Bonchev–Trinajstić information content (AvgIpc) is 3.18. The van der Waals surface area contributed by atoms with E-state index in [1.807, 2.05) is 0 Å². The van der Waals surface area contributed by atoms with Gasteiger partial charge in [-0.1, -0.05) is 0 Å². The first kappa shape index (κ1) is 12.1. The number of aromatic nitrogens is 5. The van der Waals surface area contributed by atoms with Crippen LogP contribution >= 0.6 is 0 Å². The molecule has 0 N–H and O–H groups in total. The lowest BCUT2D eigenvalue weighted by atomic mass is 10.2. The highest BCUT2D eigenvalue weighted by Gasteiger charge is 2.12. The first-order valence-electron chi connectivity index (χ1n) is 5.88. The van der Waals surface area contributed by atoms with Gasteiger partial charge < -0.3 is 4.74 Å². The lowest BCUT2D eigenvalue weighted by molar-refractivity contribution is 0.0600. The molecule has 0 aliphatic heterocycles. The Morgan fingerprint density at radius 3 is 2.00 bits per heavy atom. The fourth-order valence-electron chi connectivity index (χ4n) is 1.78. The molecule has 20 heavy (non-hydrogen) atoms. The summed E-state index contributed by atoms with van der Waals surface area (Å²) in [6, 6.07) is 6.79. The zero-order valence-electron chi connectivity index (χ0n) is 10.7. The van der Waals surface area contributed by atoms with Gasteiger partial charge in [-0.05, 0) is 24.3 Å². The number of esters is 1. The van der Waals surface area contributed by atoms with Gasteiger partial charge in [-0.2, -0.15) is 10.2 Å². The Balaban J connectivity index is 2.15. The maximum atomic E-state index is 11.7. The minimum absolute atomic E-state index is 0.388. The van der Waals surface area contributed by atoms with Crippen molar-refractivity contribution in [2.24, 2.45) is 0 Å². The minimum atomic E-state index is -0.436. The Morgan fingerprint density at radius 1 is 1.05 bits per heavy atom. The number of nitrogens with zero attached hydrogens (tertiary/aromatic N) is 5. The third kappa shape index (κ3) is 2.16. The summed E-state index contributed by atoms with van der Waals surface area (Å²) in [5.74, 6) is 0.598. The molecule has 7 heteroatoms. The van der Waals surface area contributed by atoms with Crippen LogP contribution in [0.4, 0.5) is 0 Å². The topological polar surface area (TPSA) is 74.8 Å². The van der Waals surface area contributed by atoms with Crippen molar-refractivity contribution >= 4 is 5.97 Å². The fourth-order valence-corrected chi connectivity index (χ4v) is 1.78. The summed E-state index contributed by atoms with van der Waals surface area (Å²) in [5, 5.41) is 8.22. The van der Waals surface area contributed by atoms with Gasteiger partial charge in [0.2, 0.25) is 0 Å². The highest BCUT2D eigenvalue weighted by molar-refractivity contribution is 5.90. The lowest BCUT2D eigenvalue weighted by Crippen LogP contribution is -2.09. The van der Waals surface area contributed by atoms with Crippen molar-refractivity contribution in [2.45, 2.75) is 0 Å². The molecule has 0 bridgehead atoms. The summed E-state index contributed by atoms with van der Waals surface area (Å²) in [7, 11) is 1.34. The molecule has 0 amide bonds. The van der Waals surface area contributed by atoms with Crippen LogP contribution in [0.1, 0.15) is 10.4 Å². The average molecular weight is 269 g/mol. The Hall–Kier alpha value is -2.96. The molecule has 0 atom stereocenters. The second-order valence-corrected chi connectivity index (χ2v) is 3.97. The fraction of sp³-hybridized carbons (Fsp3) is 0.0769. The zero-order valence-corrected chi connectivity index (χ0v) is 10.7. The molecule has 7 nitrogen and oxygen atoms in total. The summed E-state index contributed by atoms with van der Waals surface area (Å²) >= 11 is 0. The molecule has 0 spiro atoms. The largest absolute Gasteiger partial charge is 0.465 e.